The fourth-order valence-corrected chi connectivity index (χ4v) is 3.15. The smallest absolute Gasteiger partial charge is 0.308 e. The van der Waals surface area contributed by atoms with Crippen molar-refractivity contribution >= 4 is 28.9 Å². The van der Waals surface area contributed by atoms with Crippen LogP contribution in [0.1, 0.15) is 57.1 Å². The summed E-state index contributed by atoms with van der Waals surface area (Å²) in [4.78, 5) is 11.7. The summed E-state index contributed by atoms with van der Waals surface area (Å²) in [5, 5.41) is 14.6. The van der Waals surface area contributed by atoms with Crippen LogP contribution in [0.5, 0.6) is 0 Å². The van der Waals surface area contributed by atoms with Gasteiger partial charge in [0, 0.05) is 14.0 Å². The molecule has 0 spiro atoms. The molecule has 0 saturated heterocycles. The number of nitriles is 1. The highest BCUT2D eigenvalue weighted by Gasteiger charge is 2.24. The van der Waals surface area contributed by atoms with Crippen LogP contribution in [0.4, 0.5) is 0 Å². The van der Waals surface area contributed by atoms with Gasteiger partial charge in [-0.3, -0.25) is 9.48 Å². The Hall–Kier alpha value is -2.58. The van der Waals surface area contributed by atoms with E-state index in [4.69, 9.17) is 16.3 Å². The number of allylic oxidation sites excluding steroid dienone is 1. The molecule has 142 valence electrons. The molecule has 1 aromatic carbocycles. The van der Waals surface area contributed by atoms with Gasteiger partial charge >= 0.3 is 5.97 Å². The third-order valence-electron chi connectivity index (χ3n) is 4.23. The molecule has 0 aliphatic heterocycles. The standard InChI is InChI=1S/C21H24ClN3O2/c1-7-17-18(22)19(25(6)24-17)20(27-13(2)26)16(12-23)14-8-10-15(11-9-14)21(3,4)5/h8-11H,7H2,1-6H3/b20-16-. The average molecular weight is 386 g/mol. The van der Waals surface area contributed by atoms with E-state index in [2.05, 4.69) is 31.9 Å². The summed E-state index contributed by atoms with van der Waals surface area (Å²) in [5.41, 5.74) is 3.12. The lowest BCUT2D eigenvalue weighted by Crippen LogP contribution is -2.11. The first-order chi connectivity index (χ1) is 12.6. The van der Waals surface area contributed by atoms with Crippen molar-refractivity contribution in [1.82, 2.24) is 9.78 Å². The van der Waals surface area contributed by atoms with E-state index in [1.165, 1.54) is 6.92 Å². The zero-order valence-electron chi connectivity index (χ0n) is 16.6. The summed E-state index contributed by atoms with van der Waals surface area (Å²) in [6.07, 6.45) is 0.627. The molecule has 1 aromatic heterocycles. The minimum Gasteiger partial charge on any atom is -0.423 e. The predicted molar refractivity (Wildman–Crippen MR) is 107 cm³/mol. The Labute approximate surface area is 165 Å². The second kappa shape index (κ2) is 7.98. The predicted octanol–water partition coefficient (Wildman–Crippen LogP) is 4.89. The van der Waals surface area contributed by atoms with E-state index in [-0.39, 0.29) is 16.7 Å². The molecule has 0 atom stereocenters. The number of nitrogens with zero attached hydrogens (tertiary/aromatic N) is 3. The van der Waals surface area contributed by atoms with Crippen LogP contribution in [0.2, 0.25) is 5.02 Å². The summed E-state index contributed by atoms with van der Waals surface area (Å²) >= 11 is 6.46. The number of hydrogen-bond donors (Lipinski definition) is 0. The number of halogens is 1. The third-order valence-corrected chi connectivity index (χ3v) is 4.63. The van der Waals surface area contributed by atoms with Gasteiger partial charge in [0.05, 0.1) is 10.7 Å². The monoisotopic (exact) mass is 385 g/mol. The average Bonchev–Trinajstić information content (AvgIpc) is 2.87. The van der Waals surface area contributed by atoms with Crippen molar-refractivity contribution in [1.29, 1.82) is 5.26 Å². The van der Waals surface area contributed by atoms with Gasteiger partial charge in [-0.25, -0.2) is 0 Å². The molecule has 2 rings (SSSR count). The second-order valence-electron chi connectivity index (χ2n) is 7.32. The van der Waals surface area contributed by atoms with Crippen LogP contribution in [0, 0.1) is 11.3 Å². The van der Waals surface area contributed by atoms with Crippen LogP contribution in [0.15, 0.2) is 24.3 Å². The number of carbonyl (C=O) groups is 1. The number of carbonyl (C=O) groups excluding carboxylic acids is 1. The minimum absolute atomic E-state index is 0.00482. The number of ether oxygens (including phenoxy) is 1. The first-order valence-electron chi connectivity index (χ1n) is 8.75. The van der Waals surface area contributed by atoms with Gasteiger partial charge in [-0.1, -0.05) is 63.6 Å². The molecule has 0 unspecified atom stereocenters. The van der Waals surface area contributed by atoms with Gasteiger partial charge in [-0.15, -0.1) is 0 Å². The second-order valence-corrected chi connectivity index (χ2v) is 7.70. The zero-order chi connectivity index (χ0) is 20.4. The SMILES string of the molecule is CCc1nn(C)c(/C(OC(C)=O)=C(\C#N)c2ccc(C(C)(C)C)cc2)c1Cl. The molecule has 5 nitrogen and oxygen atoms in total. The zero-order valence-corrected chi connectivity index (χ0v) is 17.3. The number of aryl methyl sites for hydroxylation is 2. The van der Waals surface area contributed by atoms with E-state index in [1.54, 1.807) is 11.7 Å². The van der Waals surface area contributed by atoms with E-state index in [1.807, 2.05) is 31.2 Å². The molecule has 0 aliphatic rings. The number of esters is 1. The van der Waals surface area contributed by atoms with E-state index >= 15 is 0 Å². The number of benzene rings is 1. The normalized spacial score (nSPS) is 12.4. The molecule has 2 aromatic rings. The van der Waals surface area contributed by atoms with Gasteiger partial charge < -0.3 is 4.74 Å². The lowest BCUT2D eigenvalue weighted by Gasteiger charge is -2.19. The maximum absolute atomic E-state index is 11.7. The lowest BCUT2D eigenvalue weighted by molar-refractivity contribution is -0.134. The summed E-state index contributed by atoms with van der Waals surface area (Å²) in [6, 6.07) is 9.82. The van der Waals surface area contributed by atoms with Gasteiger partial charge in [0.25, 0.3) is 0 Å². The van der Waals surface area contributed by atoms with Crippen molar-refractivity contribution in [3.8, 4) is 6.07 Å². The third kappa shape index (κ3) is 4.40. The van der Waals surface area contributed by atoms with Crippen LogP contribution in [-0.2, 0) is 28.4 Å². The highest BCUT2D eigenvalue weighted by Crippen LogP contribution is 2.34. The van der Waals surface area contributed by atoms with Crippen molar-refractivity contribution < 1.29 is 9.53 Å². The number of hydrogen-bond acceptors (Lipinski definition) is 4. The quantitative estimate of drug-likeness (QED) is 0.427. The van der Waals surface area contributed by atoms with Crippen molar-refractivity contribution in [2.24, 2.45) is 7.05 Å². The van der Waals surface area contributed by atoms with Crippen LogP contribution < -0.4 is 0 Å². The molecular weight excluding hydrogens is 362 g/mol. The molecule has 0 amide bonds. The Morgan fingerprint density at radius 1 is 1.30 bits per heavy atom. The minimum atomic E-state index is -0.528. The van der Waals surface area contributed by atoms with Crippen molar-refractivity contribution in [3.63, 3.8) is 0 Å². The highest BCUT2D eigenvalue weighted by molar-refractivity contribution is 6.33. The Balaban J connectivity index is 2.71. The maximum atomic E-state index is 11.7. The largest absolute Gasteiger partial charge is 0.423 e. The molecule has 0 saturated carbocycles. The first kappa shape index (κ1) is 20.7. The Morgan fingerprint density at radius 3 is 2.30 bits per heavy atom. The summed E-state index contributed by atoms with van der Waals surface area (Å²) in [5.74, 6) is -0.410. The van der Waals surface area contributed by atoms with Crippen LogP contribution in [0.25, 0.3) is 11.3 Å². The molecule has 0 fully saturated rings. The van der Waals surface area contributed by atoms with Gasteiger partial charge in [-0.2, -0.15) is 10.4 Å². The molecule has 1 heterocycles. The Kier molecular flexibility index (Phi) is 6.12. The van der Waals surface area contributed by atoms with Crippen LogP contribution in [0.3, 0.4) is 0 Å². The molecule has 0 bridgehead atoms. The summed E-state index contributed by atoms with van der Waals surface area (Å²) < 4.78 is 6.98. The van der Waals surface area contributed by atoms with Gasteiger partial charge in [0.1, 0.15) is 17.3 Å². The van der Waals surface area contributed by atoms with E-state index < -0.39 is 5.97 Å². The molecule has 6 heteroatoms. The fourth-order valence-electron chi connectivity index (χ4n) is 2.77. The molecule has 27 heavy (non-hydrogen) atoms. The van der Waals surface area contributed by atoms with Gasteiger partial charge in [0.15, 0.2) is 5.76 Å². The number of rotatable bonds is 4. The highest BCUT2D eigenvalue weighted by atomic mass is 35.5. The molecule has 0 aliphatic carbocycles. The summed E-state index contributed by atoms with van der Waals surface area (Å²) in [6.45, 7) is 9.59. The van der Waals surface area contributed by atoms with Crippen LogP contribution >= 0.6 is 11.6 Å². The fraction of sp³-hybridized carbons (Fsp3) is 0.381. The van der Waals surface area contributed by atoms with E-state index in [0.29, 0.717) is 28.4 Å². The van der Waals surface area contributed by atoms with Crippen molar-refractivity contribution in [2.45, 2.75) is 46.5 Å². The van der Waals surface area contributed by atoms with Gasteiger partial charge in [0.2, 0.25) is 0 Å². The van der Waals surface area contributed by atoms with Crippen LogP contribution in [-0.4, -0.2) is 15.7 Å². The maximum Gasteiger partial charge on any atom is 0.308 e. The van der Waals surface area contributed by atoms with Crippen molar-refractivity contribution in [2.75, 3.05) is 0 Å². The first-order valence-corrected chi connectivity index (χ1v) is 9.13. The molecule has 0 N–H and O–H groups in total. The molecule has 0 radical (unpaired) electrons. The topological polar surface area (TPSA) is 67.9 Å². The van der Waals surface area contributed by atoms with Gasteiger partial charge in [-0.05, 0) is 23.0 Å². The Morgan fingerprint density at radius 2 is 1.89 bits per heavy atom. The van der Waals surface area contributed by atoms with Crippen molar-refractivity contribution in [3.05, 3.63) is 51.8 Å². The molecular formula is C21H24ClN3O2. The van der Waals surface area contributed by atoms with E-state index in [9.17, 15) is 10.1 Å². The van der Waals surface area contributed by atoms with E-state index in [0.717, 1.165) is 5.56 Å². The Bertz CT molecular complexity index is 926. The lowest BCUT2D eigenvalue weighted by atomic mass is 9.86. The number of aromatic nitrogens is 2. The summed E-state index contributed by atoms with van der Waals surface area (Å²) in [7, 11) is 1.71.